The third-order valence-electron chi connectivity index (χ3n) is 5.41. The molecule has 0 amide bonds. The van der Waals surface area contributed by atoms with Gasteiger partial charge in [-0.2, -0.15) is 5.10 Å². The Labute approximate surface area is 159 Å². The fourth-order valence-corrected chi connectivity index (χ4v) is 3.79. The molecule has 0 bridgehead atoms. The van der Waals surface area contributed by atoms with Gasteiger partial charge in [-0.1, -0.05) is 26.2 Å². The monoisotopic (exact) mass is 377 g/mol. The van der Waals surface area contributed by atoms with Gasteiger partial charge in [-0.25, -0.2) is 13.5 Å². The molecule has 0 radical (unpaired) electrons. The maximum atomic E-state index is 13.9. The molecule has 3 rings (SSSR count). The van der Waals surface area contributed by atoms with E-state index in [4.69, 9.17) is 9.84 Å². The average Bonchev–Trinajstić information content (AvgIpc) is 3.10. The molecule has 1 aromatic heterocycles. The van der Waals surface area contributed by atoms with Crippen molar-refractivity contribution < 1.29 is 13.5 Å². The quantitative estimate of drug-likeness (QED) is 0.704. The summed E-state index contributed by atoms with van der Waals surface area (Å²) in [4.78, 5) is 0. The van der Waals surface area contributed by atoms with E-state index in [1.807, 2.05) is 17.7 Å². The first kappa shape index (κ1) is 19.8. The summed E-state index contributed by atoms with van der Waals surface area (Å²) in [7, 11) is 0. The number of nitrogens with one attached hydrogen (secondary N) is 1. The number of halogens is 2. The highest BCUT2D eigenvalue weighted by Crippen LogP contribution is 2.35. The van der Waals surface area contributed by atoms with Gasteiger partial charge in [0.05, 0.1) is 11.7 Å². The van der Waals surface area contributed by atoms with E-state index >= 15 is 0 Å². The second-order valence-electron chi connectivity index (χ2n) is 7.36. The Balaban J connectivity index is 1.78. The molecule has 1 aliphatic carbocycles. The van der Waals surface area contributed by atoms with Crippen molar-refractivity contribution in [2.75, 3.05) is 6.54 Å². The van der Waals surface area contributed by atoms with Gasteiger partial charge in [-0.05, 0) is 50.4 Å². The summed E-state index contributed by atoms with van der Waals surface area (Å²) in [6.45, 7) is 5.72. The molecule has 1 fully saturated rings. The first-order valence-electron chi connectivity index (χ1n) is 9.94. The summed E-state index contributed by atoms with van der Waals surface area (Å²) in [6, 6.07) is 5.54. The van der Waals surface area contributed by atoms with Crippen molar-refractivity contribution in [1.82, 2.24) is 15.1 Å². The average molecular weight is 377 g/mol. The smallest absolute Gasteiger partial charge is 0.212 e. The Morgan fingerprint density at radius 2 is 2.00 bits per heavy atom. The highest BCUT2D eigenvalue weighted by molar-refractivity contribution is 5.21. The van der Waals surface area contributed by atoms with Crippen molar-refractivity contribution >= 4 is 0 Å². The van der Waals surface area contributed by atoms with Crippen LogP contribution in [0.5, 0.6) is 5.88 Å². The molecular formula is C21H29F2N3O. The molecule has 0 spiro atoms. The summed E-state index contributed by atoms with van der Waals surface area (Å²) in [5.41, 5.74) is 1.11. The molecule has 1 unspecified atom stereocenters. The predicted octanol–water partition coefficient (Wildman–Crippen LogP) is 4.99. The second kappa shape index (κ2) is 9.31. The highest BCUT2D eigenvalue weighted by atomic mass is 19.1. The number of aromatic nitrogens is 2. The van der Waals surface area contributed by atoms with Crippen LogP contribution in [0, 0.1) is 17.6 Å². The number of rotatable bonds is 8. The zero-order chi connectivity index (χ0) is 19.2. The Morgan fingerprint density at radius 1 is 1.22 bits per heavy atom. The Kier molecular flexibility index (Phi) is 6.83. The van der Waals surface area contributed by atoms with Crippen molar-refractivity contribution in [3.05, 3.63) is 47.2 Å². The molecule has 1 heterocycles. The van der Waals surface area contributed by atoms with Gasteiger partial charge in [0.1, 0.15) is 18.2 Å². The molecule has 1 aromatic carbocycles. The third kappa shape index (κ3) is 5.06. The van der Waals surface area contributed by atoms with E-state index in [-0.39, 0.29) is 18.2 Å². The fraction of sp³-hybridized carbons (Fsp3) is 0.571. The van der Waals surface area contributed by atoms with Crippen LogP contribution in [-0.4, -0.2) is 16.3 Å². The standard InChI is InChI=1S/C21H29F2N3O/c1-3-24-13-19-12-21(27-14-17-11-18(22)9-10-20(17)23)26(25-19)15(2)16-7-5-4-6-8-16/h9-12,15-16,24H,3-8,13-14H2,1-2H3. The van der Waals surface area contributed by atoms with Crippen molar-refractivity contribution in [1.29, 1.82) is 0 Å². The summed E-state index contributed by atoms with van der Waals surface area (Å²) in [6.07, 6.45) is 6.20. The Bertz CT molecular complexity index is 741. The first-order chi connectivity index (χ1) is 13.1. The molecule has 1 aliphatic rings. The Hall–Kier alpha value is -1.95. The molecule has 1 N–H and O–H groups in total. The van der Waals surface area contributed by atoms with E-state index in [2.05, 4.69) is 12.2 Å². The van der Waals surface area contributed by atoms with E-state index in [0.29, 0.717) is 18.3 Å². The van der Waals surface area contributed by atoms with Crippen molar-refractivity contribution in [2.24, 2.45) is 5.92 Å². The van der Waals surface area contributed by atoms with Crippen LogP contribution in [0.1, 0.15) is 63.3 Å². The molecule has 4 nitrogen and oxygen atoms in total. The topological polar surface area (TPSA) is 39.1 Å². The van der Waals surface area contributed by atoms with Gasteiger partial charge >= 0.3 is 0 Å². The number of benzene rings is 1. The van der Waals surface area contributed by atoms with Crippen LogP contribution < -0.4 is 10.1 Å². The minimum atomic E-state index is -0.466. The van der Waals surface area contributed by atoms with Gasteiger partial charge in [-0.3, -0.25) is 0 Å². The number of nitrogens with zero attached hydrogens (tertiary/aromatic N) is 2. The Morgan fingerprint density at radius 3 is 2.74 bits per heavy atom. The lowest BCUT2D eigenvalue weighted by Crippen LogP contribution is -2.21. The summed E-state index contributed by atoms with van der Waals surface area (Å²) >= 11 is 0. The van der Waals surface area contributed by atoms with Gasteiger partial charge in [0.25, 0.3) is 0 Å². The molecule has 2 aromatic rings. The van der Waals surface area contributed by atoms with Crippen LogP contribution in [0.4, 0.5) is 8.78 Å². The zero-order valence-corrected chi connectivity index (χ0v) is 16.2. The van der Waals surface area contributed by atoms with E-state index in [0.717, 1.165) is 24.4 Å². The second-order valence-corrected chi connectivity index (χ2v) is 7.36. The minimum absolute atomic E-state index is 0.0205. The van der Waals surface area contributed by atoms with E-state index in [1.54, 1.807) is 0 Å². The van der Waals surface area contributed by atoms with E-state index in [1.165, 1.54) is 38.2 Å². The van der Waals surface area contributed by atoms with E-state index in [9.17, 15) is 8.78 Å². The van der Waals surface area contributed by atoms with Gasteiger partial charge < -0.3 is 10.1 Å². The molecule has 148 valence electrons. The van der Waals surface area contributed by atoms with Crippen LogP contribution in [0.2, 0.25) is 0 Å². The lowest BCUT2D eigenvalue weighted by atomic mass is 9.85. The lowest BCUT2D eigenvalue weighted by Gasteiger charge is -2.28. The van der Waals surface area contributed by atoms with Crippen LogP contribution in [0.3, 0.4) is 0 Å². The van der Waals surface area contributed by atoms with Crippen LogP contribution >= 0.6 is 0 Å². The van der Waals surface area contributed by atoms with E-state index < -0.39 is 11.6 Å². The predicted molar refractivity (Wildman–Crippen MR) is 102 cm³/mol. The summed E-state index contributed by atoms with van der Waals surface area (Å²) in [5, 5.41) is 8.01. The molecule has 0 saturated heterocycles. The molecular weight excluding hydrogens is 348 g/mol. The van der Waals surface area contributed by atoms with Crippen LogP contribution in [-0.2, 0) is 13.2 Å². The minimum Gasteiger partial charge on any atom is -0.473 e. The van der Waals surface area contributed by atoms with Crippen LogP contribution in [0.25, 0.3) is 0 Å². The molecule has 6 heteroatoms. The number of ether oxygens (including phenoxy) is 1. The molecule has 1 saturated carbocycles. The zero-order valence-electron chi connectivity index (χ0n) is 16.2. The molecule has 1 atom stereocenters. The number of hydrogen-bond donors (Lipinski definition) is 1. The van der Waals surface area contributed by atoms with Gasteiger partial charge in [0.15, 0.2) is 0 Å². The first-order valence-corrected chi connectivity index (χ1v) is 9.94. The maximum absolute atomic E-state index is 13.9. The van der Waals surface area contributed by atoms with Crippen molar-refractivity contribution in [2.45, 2.75) is 65.1 Å². The van der Waals surface area contributed by atoms with Crippen LogP contribution in [0.15, 0.2) is 24.3 Å². The third-order valence-corrected chi connectivity index (χ3v) is 5.41. The van der Waals surface area contributed by atoms with Crippen molar-refractivity contribution in [3.63, 3.8) is 0 Å². The maximum Gasteiger partial charge on any atom is 0.212 e. The largest absolute Gasteiger partial charge is 0.473 e. The highest BCUT2D eigenvalue weighted by Gasteiger charge is 2.25. The SMILES string of the molecule is CCNCc1cc(OCc2cc(F)ccc2F)n(C(C)C2CCCCC2)n1. The van der Waals surface area contributed by atoms with Crippen molar-refractivity contribution in [3.8, 4) is 5.88 Å². The normalized spacial score (nSPS) is 16.4. The summed E-state index contributed by atoms with van der Waals surface area (Å²) in [5.74, 6) is 0.256. The van der Waals surface area contributed by atoms with Gasteiger partial charge in [0.2, 0.25) is 5.88 Å². The summed E-state index contributed by atoms with van der Waals surface area (Å²) < 4.78 is 35.2. The lowest BCUT2D eigenvalue weighted by molar-refractivity contribution is 0.208. The van der Waals surface area contributed by atoms with Gasteiger partial charge in [0, 0.05) is 18.2 Å². The van der Waals surface area contributed by atoms with Gasteiger partial charge in [-0.15, -0.1) is 0 Å². The number of hydrogen-bond acceptors (Lipinski definition) is 3. The molecule has 0 aliphatic heterocycles. The molecule has 27 heavy (non-hydrogen) atoms. The fourth-order valence-electron chi connectivity index (χ4n) is 3.79.